The summed E-state index contributed by atoms with van der Waals surface area (Å²) in [6.45, 7) is 2.56. The molecule has 0 saturated carbocycles. The van der Waals surface area contributed by atoms with Crippen molar-refractivity contribution in [1.29, 1.82) is 0 Å². The maximum atomic E-state index is 12.6. The first kappa shape index (κ1) is 17.3. The van der Waals surface area contributed by atoms with Crippen molar-refractivity contribution in [3.63, 3.8) is 0 Å². The predicted octanol–water partition coefficient (Wildman–Crippen LogP) is 3.74. The normalized spacial score (nSPS) is 19.7. The molecular weight excluding hydrogens is 316 g/mol. The Morgan fingerprint density at radius 2 is 2.08 bits per heavy atom. The molecule has 2 aromatic carbocycles. The van der Waals surface area contributed by atoms with Gasteiger partial charge in [-0.05, 0) is 43.5 Å². The summed E-state index contributed by atoms with van der Waals surface area (Å²) in [4.78, 5) is 14.4. The van der Waals surface area contributed by atoms with Crippen LogP contribution in [0.25, 0.3) is 11.1 Å². The molecule has 132 valence electrons. The van der Waals surface area contributed by atoms with E-state index < -0.39 is 5.54 Å². The Labute approximate surface area is 148 Å². The van der Waals surface area contributed by atoms with Gasteiger partial charge in [-0.25, -0.2) is 4.79 Å². The van der Waals surface area contributed by atoms with Crippen LogP contribution >= 0.6 is 0 Å². The van der Waals surface area contributed by atoms with Crippen molar-refractivity contribution in [2.45, 2.75) is 25.3 Å². The summed E-state index contributed by atoms with van der Waals surface area (Å²) in [7, 11) is 1.65. The standard InChI is InChI=1S/C20H24N2O3/c1-20(14-23)11-6-12-22(20)19(24)21-16-8-5-7-15(13-16)17-9-3-4-10-18(17)25-2/h3-5,7-10,13,23H,6,11-12,14H2,1-2H3,(H,21,24)/t20-/m0/s1. The first-order valence-electron chi connectivity index (χ1n) is 8.50. The van der Waals surface area contributed by atoms with Crippen molar-refractivity contribution in [2.24, 2.45) is 0 Å². The van der Waals surface area contributed by atoms with Gasteiger partial charge in [0.2, 0.25) is 0 Å². The van der Waals surface area contributed by atoms with Crippen LogP contribution in [0.5, 0.6) is 5.75 Å². The highest BCUT2D eigenvalue weighted by atomic mass is 16.5. The van der Waals surface area contributed by atoms with Crippen molar-refractivity contribution in [1.82, 2.24) is 4.90 Å². The van der Waals surface area contributed by atoms with Gasteiger partial charge in [0.1, 0.15) is 5.75 Å². The fourth-order valence-corrected chi connectivity index (χ4v) is 3.37. The first-order valence-corrected chi connectivity index (χ1v) is 8.50. The Kier molecular flexibility index (Phi) is 4.95. The number of anilines is 1. The number of aliphatic hydroxyl groups excluding tert-OH is 1. The summed E-state index contributed by atoms with van der Waals surface area (Å²) in [6.07, 6.45) is 1.73. The highest BCUT2D eigenvalue weighted by molar-refractivity contribution is 5.91. The minimum absolute atomic E-state index is 0.0261. The third-order valence-corrected chi connectivity index (χ3v) is 4.87. The van der Waals surface area contributed by atoms with Gasteiger partial charge >= 0.3 is 6.03 Å². The lowest BCUT2D eigenvalue weighted by molar-refractivity contribution is 0.104. The average molecular weight is 340 g/mol. The second-order valence-electron chi connectivity index (χ2n) is 6.62. The Hall–Kier alpha value is -2.53. The molecule has 3 rings (SSSR count). The molecule has 1 fully saturated rings. The van der Waals surface area contributed by atoms with Crippen LogP contribution in [0.3, 0.4) is 0 Å². The number of methoxy groups -OCH3 is 1. The molecular formula is C20H24N2O3. The van der Waals surface area contributed by atoms with Crippen LogP contribution < -0.4 is 10.1 Å². The van der Waals surface area contributed by atoms with Gasteiger partial charge in [-0.1, -0.05) is 30.3 Å². The summed E-state index contributed by atoms with van der Waals surface area (Å²) < 4.78 is 5.42. The number of aliphatic hydroxyl groups is 1. The van der Waals surface area contributed by atoms with Crippen molar-refractivity contribution >= 4 is 11.7 Å². The predicted molar refractivity (Wildman–Crippen MR) is 98.9 cm³/mol. The number of carbonyl (C=O) groups excluding carboxylic acids is 1. The number of carbonyl (C=O) groups is 1. The van der Waals surface area contributed by atoms with E-state index in [0.717, 1.165) is 35.4 Å². The van der Waals surface area contributed by atoms with E-state index in [1.54, 1.807) is 12.0 Å². The first-order chi connectivity index (χ1) is 12.1. The zero-order chi connectivity index (χ0) is 17.9. The number of hydrogen-bond donors (Lipinski definition) is 2. The molecule has 5 nitrogen and oxygen atoms in total. The van der Waals surface area contributed by atoms with E-state index in [1.165, 1.54) is 0 Å². The van der Waals surface area contributed by atoms with E-state index in [9.17, 15) is 9.90 Å². The largest absolute Gasteiger partial charge is 0.496 e. The van der Waals surface area contributed by atoms with Crippen LogP contribution in [-0.2, 0) is 0 Å². The molecule has 0 bridgehead atoms. The lowest BCUT2D eigenvalue weighted by atomic mass is 10.0. The number of nitrogens with zero attached hydrogens (tertiary/aromatic N) is 1. The van der Waals surface area contributed by atoms with E-state index >= 15 is 0 Å². The lowest BCUT2D eigenvalue weighted by Crippen LogP contribution is -2.49. The number of likely N-dealkylation sites (tertiary alicyclic amines) is 1. The Bertz CT molecular complexity index is 762. The third-order valence-electron chi connectivity index (χ3n) is 4.87. The van der Waals surface area contributed by atoms with Crippen LogP contribution in [-0.4, -0.2) is 41.8 Å². The second-order valence-corrected chi connectivity index (χ2v) is 6.62. The van der Waals surface area contributed by atoms with Crippen LogP contribution in [0.4, 0.5) is 10.5 Å². The maximum absolute atomic E-state index is 12.6. The Balaban J connectivity index is 1.82. The zero-order valence-electron chi connectivity index (χ0n) is 14.7. The van der Waals surface area contributed by atoms with Crippen LogP contribution in [0.15, 0.2) is 48.5 Å². The van der Waals surface area contributed by atoms with Gasteiger partial charge in [0, 0.05) is 17.8 Å². The van der Waals surface area contributed by atoms with Crippen molar-refractivity contribution in [2.75, 3.05) is 25.6 Å². The summed E-state index contributed by atoms with van der Waals surface area (Å²) in [6, 6.07) is 15.3. The van der Waals surface area contributed by atoms with E-state index in [1.807, 2.05) is 55.5 Å². The highest BCUT2D eigenvalue weighted by Gasteiger charge is 2.39. The Morgan fingerprint density at radius 3 is 2.84 bits per heavy atom. The van der Waals surface area contributed by atoms with Gasteiger partial charge in [-0.15, -0.1) is 0 Å². The monoisotopic (exact) mass is 340 g/mol. The quantitative estimate of drug-likeness (QED) is 0.891. The fraction of sp³-hybridized carbons (Fsp3) is 0.350. The number of urea groups is 1. The highest BCUT2D eigenvalue weighted by Crippen LogP contribution is 2.32. The molecule has 0 unspecified atom stereocenters. The maximum Gasteiger partial charge on any atom is 0.322 e. The number of rotatable bonds is 4. The smallest absolute Gasteiger partial charge is 0.322 e. The summed E-state index contributed by atoms with van der Waals surface area (Å²) in [5, 5.41) is 12.6. The number of hydrogen-bond acceptors (Lipinski definition) is 3. The van der Waals surface area contributed by atoms with E-state index in [-0.39, 0.29) is 12.6 Å². The third kappa shape index (κ3) is 3.46. The summed E-state index contributed by atoms with van der Waals surface area (Å²) >= 11 is 0. The minimum Gasteiger partial charge on any atom is -0.496 e. The van der Waals surface area contributed by atoms with Gasteiger partial charge in [-0.2, -0.15) is 0 Å². The van der Waals surface area contributed by atoms with Crippen LogP contribution in [0.1, 0.15) is 19.8 Å². The summed E-state index contributed by atoms with van der Waals surface area (Å²) in [5.74, 6) is 0.790. The SMILES string of the molecule is COc1ccccc1-c1cccc(NC(=O)N2CCC[C@@]2(C)CO)c1. The molecule has 5 heteroatoms. The molecule has 2 amide bonds. The van der Waals surface area contributed by atoms with Crippen LogP contribution in [0, 0.1) is 0 Å². The summed E-state index contributed by atoms with van der Waals surface area (Å²) in [5.41, 5.74) is 2.19. The number of benzene rings is 2. The van der Waals surface area contributed by atoms with Gasteiger partial charge in [-0.3, -0.25) is 0 Å². The topological polar surface area (TPSA) is 61.8 Å². The van der Waals surface area contributed by atoms with Crippen molar-refractivity contribution < 1.29 is 14.6 Å². The molecule has 1 atom stereocenters. The van der Waals surface area contributed by atoms with E-state index in [0.29, 0.717) is 6.54 Å². The molecule has 2 N–H and O–H groups in total. The average Bonchev–Trinajstić information content (AvgIpc) is 3.04. The molecule has 2 aromatic rings. The van der Waals surface area contributed by atoms with Crippen molar-refractivity contribution in [3.05, 3.63) is 48.5 Å². The molecule has 1 saturated heterocycles. The number of para-hydroxylation sites is 1. The van der Waals surface area contributed by atoms with Gasteiger partial charge in [0.05, 0.1) is 19.3 Å². The van der Waals surface area contributed by atoms with Gasteiger partial charge in [0.25, 0.3) is 0 Å². The van der Waals surface area contributed by atoms with E-state index in [4.69, 9.17) is 4.74 Å². The van der Waals surface area contributed by atoms with E-state index in [2.05, 4.69) is 5.32 Å². The van der Waals surface area contributed by atoms with Crippen LogP contribution in [0.2, 0.25) is 0 Å². The lowest BCUT2D eigenvalue weighted by Gasteiger charge is -2.33. The second kappa shape index (κ2) is 7.15. The number of nitrogens with one attached hydrogen (secondary N) is 1. The van der Waals surface area contributed by atoms with Gasteiger partial charge in [0.15, 0.2) is 0 Å². The fourth-order valence-electron chi connectivity index (χ4n) is 3.37. The number of amides is 2. The van der Waals surface area contributed by atoms with Crippen molar-refractivity contribution in [3.8, 4) is 16.9 Å². The molecule has 0 radical (unpaired) electrons. The molecule has 0 spiro atoms. The molecule has 0 aromatic heterocycles. The molecule has 1 heterocycles. The van der Waals surface area contributed by atoms with Gasteiger partial charge < -0.3 is 20.1 Å². The Morgan fingerprint density at radius 1 is 1.28 bits per heavy atom. The zero-order valence-corrected chi connectivity index (χ0v) is 14.7. The molecule has 1 aliphatic heterocycles. The molecule has 0 aliphatic carbocycles. The molecule has 1 aliphatic rings. The minimum atomic E-state index is -0.482. The molecule has 25 heavy (non-hydrogen) atoms. The number of ether oxygens (including phenoxy) is 1.